The highest BCUT2D eigenvalue weighted by Crippen LogP contribution is 2.28. The van der Waals surface area contributed by atoms with Crippen molar-refractivity contribution in [2.24, 2.45) is 0 Å². The fraction of sp³-hybridized carbons (Fsp3) is 1.00. The van der Waals surface area contributed by atoms with Crippen molar-refractivity contribution in [2.75, 3.05) is 6.61 Å². The van der Waals surface area contributed by atoms with Crippen LogP contribution in [0.5, 0.6) is 0 Å². The Labute approximate surface area is 85.7 Å². The molecule has 0 aliphatic carbocycles. The topological polar surface area (TPSA) is 125 Å². The lowest BCUT2D eigenvalue weighted by molar-refractivity contribution is -0.181. The summed E-state index contributed by atoms with van der Waals surface area (Å²) in [5.41, 5.74) is 0. The quantitative estimate of drug-likeness (QED) is 0.385. The van der Waals surface area contributed by atoms with Gasteiger partial charge in [0.2, 0.25) is 0 Å². The third-order valence-electron chi connectivity index (χ3n) is 2.41. The van der Waals surface area contributed by atoms with E-state index in [0.29, 0.717) is 0 Å². The average Bonchev–Trinajstić information content (AvgIpc) is 2.54. The van der Waals surface area contributed by atoms with Crippen LogP contribution in [0.2, 0.25) is 0 Å². The van der Waals surface area contributed by atoms with Crippen LogP contribution in [0.25, 0.3) is 0 Å². The first-order chi connectivity index (χ1) is 6.88. The molecule has 8 nitrogen and oxygen atoms in total. The molecule has 0 radical (unpaired) electrons. The summed E-state index contributed by atoms with van der Waals surface area (Å²) in [5.74, 6) is 0. The van der Waals surface area contributed by atoms with Crippen molar-refractivity contribution < 1.29 is 32.7 Å². The van der Waals surface area contributed by atoms with E-state index in [1.165, 1.54) is 0 Å². The number of hydrogen-bond acceptors (Lipinski definition) is 6. The third kappa shape index (κ3) is 2.13. The fourth-order valence-electron chi connectivity index (χ4n) is 1.70. The molecule has 4 N–H and O–H groups in total. The van der Waals surface area contributed by atoms with Crippen molar-refractivity contribution >= 4 is 10.3 Å². The highest BCUT2D eigenvalue weighted by molar-refractivity contribution is 7.83. The van der Waals surface area contributed by atoms with Gasteiger partial charge in [0.15, 0.2) is 6.29 Å². The maximum absolute atomic E-state index is 10.6. The van der Waals surface area contributed by atoms with Gasteiger partial charge < -0.3 is 19.7 Å². The molecule has 2 saturated heterocycles. The Morgan fingerprint density at radius 3 is 2.53 bits per heavy atom. The second-order valence-corrected chi connectivity index (χ2v) is 4.66. The summed E-state index contributed by atoms with van der Waals surface area (Å²) < 4.78 is 41.5. The van der Waals surface area contributed by atoms with E-state index in [1.807, 2.05) is 0 Å². The molecule has 0 saturated carbocycles. The molecule has 2 heterocycles. The summed E-state index contributed by atoms with van der Waals surface area (Å²) in [7, 11) is -4.49. The summed E-state index contributed by atoms with van der Waals surface area (Å²) in [6, 6.07) is -1.21. The maximum Gasteiger partial charge on any atom is 0.333 e. The molecule has 9 heteroatoms. The number of aliphatic hydroxyl groups is 2. The number of nitrogens with one attached hydrogen (secondary N) is 1. The van der Waals surface area contributed by atoms with Gasteiger partial charge >= 0.3 is 10.3 Å². The number of ether oxygens (including phenoxy) is 2. The zero-order chi connectivity index (χ0) is 11.2. The summed E-state index contributed by atoms with van der Waals surface area (Å²) >= 11 is 0. The van der Waals surface area contributed by atoms with E-state index >= 15 is 0 Å². The lowest BCUT2D eigenvalue weighted by Crippen LogP contribution is -2.60. The van der Waals surface area contributed by atoms with Crippen LogP contribution in [0.3, 0.4) is 0 Å². The van der Waals surface area contributed by atoms with Crippen molar-refractivity contribution in [1.82, 2.24) is 4.72 Å². The van der Waals surface area contributed by atoms with Crippen LogP contribution < -0.4 is 4.72 Å². The first kappa shape index (κ1) is 11.2. The molecular formula is C6H11NO7S. The number of hydrogen-bond donors (Lipinski definition) is 4. The van der Waals surface area contributed by atoms with E-state index in [-0.39, 0.29) is 6.61 Å². The lowest BCUT2D eigenvalue weighted by Gasteiger charge is -2.35. The number of aliphatic hydroxyl groups excluding tert-OH is 2. The normalized spacial score (nSPS) is 45.7. The van der Waals surface area contributed by atoms with Crippen LogP contribution >= 0.6 is 0 Å². The van der Waals surface area contributed by atoms with Gasteiger partial charge in [-0.2, -0.15) is 13.1 Å². The largest absolute Gasteiger partial charge is 0.388 e. The first-order valence-corrected chi connectivity index (χ1v) is 5.70. The van der Waals surface area contributed by atoms with Crippen molar-refractivity contribution in [3.05, 3.63) is 0 Å². The Balaban J connectivity index is 2.16. The Hall–Kier alpha value is -0.290. The molecule has 2 rings (SSSR count). The predicted octanol–water partition coefficient (Wildman–Crippen LogP) is -2.78. The van der Waals surface area contributed by atoms with E-state index < -0.39 is 40.9 Å². The fourth-order valence-corrected chi connectivity index (χ4v) is 2.29. The summed E-state index contributed by atoms with van der Waals surface area (Å²) in [6.45, 7) is 0.0759. The third-order valence-corrected chi connectivity index (χ3v) is 2.98. The van der Waals surface area contributed by atoms with Crippen molar-refractivity contribution in [3.63, 3.8) is 0 Å². The highest BCUT2D eigenvalue weighted by atomic mass is 32.2. The van der Waals surface area contributed by atoms with E-state index in [1.54, 1.807) is 4.72 Å². The van der Waals surface area contributed by atoms with Gasteiger partial charge in [0, 0.05) is 0 Å². The lowest BCUT2D eigenvalue weighted by atomic mass is 10.00. The SMILES string of the molecule is O=S(=O)(O)N[C@@H]1[C@@H]2OC[C@@H](O2)[C@@H](O)[C@@H]1O. The molecule has 0 aromatic carbocycles. The molecule has 0 unspecified atom stereocenters. The van der Waals surface area contributed by atoms with Gasteiger partial charge in [-0.05, 0) is 0 Å². The highest BCUT2D eigenvalue weighted by Gasteiger charge is 2.50. The average molecular weight is 241 g/mol. The van der Waals surface area contributed by atoms with Crippen LogP contribution in [0.15, 0.2) is 0 Å². The molecule has 2 bridgehead atoms. The Bertz CT molecular complexity index is 343. The minimum absolute atomic E-state index is 0.0759. The van der Waals surface area contributed by atoms with Gasteiger partial charge in [0.25, 0.3) is 0 Å². The van der Waals surface area contributed by atoms with Gasteiger partial charge in [-0.1, -0.05) is 0 Å². The minimum atomic E-state index is -4.49. The van der Waals surface area contributed by atoms with Crippen LogP contribution in [-0.4, -0.2) is 60.4 Å². The van der Waals surface area contributed by atoms with Crippen molar-refractivity contribution in [3.8, 4) is 0 Å². The molecule has 0 amide bonds. The molecule has 15 heavy (non-hydrogen) atoms. The molecule has 0 aromatic heterocycles. The van der Waals surface area contributed by atoms with Crippen LogP contribution in [-0.2, 0) is 19.8 Å². The van der Waals surface area contributed by atoms with Gasteiger partial charge in [-0.3, -0.25) is 4.55 Å². The molecule has 0 aromatic rings. The summed E-state index contributed by atoms with van der Waals surface area (Å²) in [4.78, 5) is 0. The van der Waals surface area contributed by atoms with E-state index in [0.717, 1.165) is 0 Å². The van der Waals surface area contributed by atoms with Crippen LogP contribution in [0, 0.1) is 0 Å². The van der Waals surface area contributed by atoms with Crippen LogP contribution in [0.1, 0.15) is 0 Å². The molecule has 2 fully saturated rings. The molecule has 2 aliphatic rings. The Morgan fingerprint density at radius 2 is 1.93 bits per heavy atom. The smallest absolute Gasteiger partial charge is 0.333 e. The predicted molar refractivity (Wildman–Crippen MR) is 45.1 cm³/mol. The Morgan fingerprint density at radius 1 is 1.27 bits per heavy atom. The summed E-state index contributed by atoms with van der Waals surface area (Å²) in [5, 5.41) is 19.0. The van der Waals surface area contributed by atoms with Gasteiger partial charge in [-0.15, -0.1) is 0 Å². The van der Waals surface area contributed by atoms with Gasteiger partial charge in [-0.25, -0.2) is 0 Å². The standard InChI is InChI=1S/C6H11NO7S/c8-4-2-1-13-6(14-2)3(5(4)9)7-15(10,11)12/h2-9H,1H2,(H,10,11,12)/t2-,3+,4-,5-,6-/m1/s1. The molecule has 0 spiro atoms. The van der Waals surface area contributed by atoms with Gasteiger partial charge in [0.05, 0.1) is 6.61 Å². The van der Waals surface area contributed by atoms with E-state index in [2.05, 4.69) is 0 Å². The maximum atomic E-state index is 10.6. The van der Waals surface area contributed by atoms with Gasteiger partial charge in [0.1, 0.15) is 24.4 Å². The van der Waals surface area contributed by atoms with E-state index in [9.17, 15) is 18.6 Å². The summed E-state index contributed by atoms with van der Waals surface area (Å²) in [6.07, 6.45) is -4.28. The minimum Gasteiger partial charge on any atom is -0.388 e. The van der Waals surface area contributed by atoms with E-state index in [4.69, 9.17) is 14.0 Å². The van der Waals surface area contributed by atoms with Crippen LogP contribution in [0.4, 0.5) is 0 Å². The zero-order valence-corrected chi connectivity index (χ0v) is 8.29. The van der Waals surface area contributed by atoms with Crippen molar-refractivity contribution in [1.29, 1.82) is 0 Å². The first-order valence-electron chi connectivity index (χ1n) is 4.26. The zero-order valence-electron chi connectivity index (χ0n) is 7.48. The second kappa shape index (κ2) is 3.63. The monoisotopic (exact) mass is 241 g/mol. The Kier molecular flexibility index (Phi) is 2.71. The molecule has 2 aliphatic heterocycles. The number of fused-ring (bicyclic) bond motifs is 2. The molecule has 88 valence electrons. The number of rotatable bonds is 2. The molecular weight excluding hydrogens is 230 g/mol. The molecule has 5 atom stereocenters. The van der Waals surface area contributed by atoms with Crippen molar-refractivity contribution in [2.45, 2.75) is 30.6 Å². The second-order valence-electron chi connectivity index (χ2n) is 3.48.